The van der Waals surface area contributed by atoms with E-state index in [0.717, 1.165) is 53.6 Å². The number of anilines is 2. The van der Waals surface area contributed by atoms with Gasteiger partial charge in [-0.25, -0.2) is 15.0 Å². The Morgan fingerprint density at radius 1 is 0.829 bits per heavy atom. The summed E-state index contributed by atoms with van der Waals surface area (Å²) in [6.07, 6.45) is 5.27. The Labute approximate surface area is 207 Å². The zero-order valence-electron chi connectivity index (χ0n) is 18.9. The van der Waals surface area contributed by atoms with Crippen molar-refractivity contribution in [1.82, 2.24) is 19.9 Å². The largest absolute Gasteiger partial charge is 0.353 e. The summed E-state index contributed by atoms with van der Waals surface area (Å²) in [6.45, 7) is 3.19. The van der Waals surface area contributed by atoms with Gasteiger partial charge in [0, 0.05) is 55.2 Å². The third kappa shape index (κ3) is 4.18. The molecule has 0 saturated carbocycles. The van der Waals surface area contributed by atoms with Crippen LogP contribution in [0.5, 0.6) is 0 Å². The van der Waals surface area contributed by atoms with Crippen LogP contribution in [0, 0.1) is 11.3 Å². The van der Waals surface area contributed by atoms with Gasteiger partial charge in [-0.05, 0) is 35.9 Å². The van der Waals surface area contributed by atoms with E-state index in [1.165, 1.54) is 10.4 Å². The Balaban J connectivity index is 1.37. The molecule has 5 aromatic rings. The van der Waals surface area contributed by atoms with Crippen LogP contribution in [-0.4, -0.2) is 46.1 Å². The maximum absolute atomic E-state index is 9.23. The zero-order chi connectivity index (χ0) is 23.6. The highest BCUT2D eigenvalue weighted by atomic mass is 32.1. The van der Waals surface area contributed by atoms with Crippen LogP contribution < -0.4 is 9.80 Å². The molecule has 0 aliphatic carbocycles. The normalized spacial score (nSPS) is 13.7. The number of rotatable bonds is 4. The van der Waals surface area contributed by atoms with Gasteiger partial charge in [0.1, 0.15) is 16.5 Å². The van der Waals surface area contributed by atoms with E-state index in [4.69, 9.17) is 9.97 Å². The van der Waals surface area contributed by atoms with Gasteiger partial charge in [-0.2, -0.15) is 5.26 Å². The summed E-state index contributed by atoms with van der Waals surface area (Å²) in [6, 6.07) is 22.3. The number of fused-ring (bicyclic) bond motifs is 1. The molecule has 0 amide bonds. The molecule has 0 bridgehead atoms. The van der Waals surface area contributed by atoms with Crippen LogP contribution in [-0.2, 0) is 0 Å². The van der Waals surface area contributed by atoms with Crippen LogP contribution in [0.15, 0.2) is 79.3 Å². The highest BCUT2D eigenvalue weighted by Gasteiger charge is 2.23. The third-order valence-electron chi connectivity index (χ3n) is 6.13. The molecule has 0 atom stereocenters. The van der Waals surface area contributed by atoms with Gasteiger partial charge >= 0.3 is 0 Å². The minimum Gasteiger partial charge on any atom is -0.353 e. The zero-order valence-corrected chi connectivity index (χ0v) is 19.7. The van der Waals surface area contributed by atoms with Gasteiger partial charge < -0.3 is 9.80 Å². The molecule has 0 N–H and O–H groups in total. The van der Waals surface area contributed by atoms with E-state index >= 15 is 0 Å². The van der Waals surface area contributed by atoms with Crippen LogP contribution >= 0.6 is 11.3 Å². The van der Waals surface area contributed by atoms with E-state index < -0.39 is 0 Å². The second-order valence-corrected chi connectivity index (χ2v) is 9.33. The van der Waals surface area contributed by atoms with Crippen molar-refractivity contribution in [2.24, 2.45) is 0 Å². The molecule has 0 radical (unpaired) electrons. The molecule has 1 aliphatic rings. The van der Waals surface area contributed by atoms with E-state index in [1.54, 1.807) is 29.8 Å². The lowest BCUT2D eigenvalue weighted by Crippen LogP contribution is -2.47. The molecule has 170 valence electrons. The monoisotopic (exact) mass is 475 g/mol. The summed E-state index contributed by atoms with van der Waals surface area (Å²) >= 11 is 1.69. The minimum absolute atomic E-state index is 0.628. The topological polar surface area (TPSA) is 81.8 Å². The number of pyridine rings is 2. The Morgan fingerprint density at radius 3 is 2.40 bits per heavy atom. The van der Waals surface area contributed by atoms with Crippen molar-refractivity contribution >= 4 is 33.2 Å². The van der Waals surface area contributed by atoms with Crippen LogP contribution in [0.1, 0.15) is 5.56 Å². The van der Waals surface area contributed by atoms with E-state index in [9.17, 15) is 5.26 Å². The first-order valence-electron chi connectivity index (χ1n) is 11.4. The summed E-state index contributed by atoms with van der Waals surface area (Å²) in [5, 5.41) is 10.3. The lowest BCUT2D eigenvalue weighted by atomic mass is 10.1. The average molecular weight is 476 g/mol. The number of nitriles is 1. The number of thiophene rings is 1. The fourth-order valence-corrected chi connectivity index (χ4v) is 5.36. The molecule has 35 heavy (non-hydrogen) atoms. The number of aromatic nitrogens is 4. The first-order valence-corrected chi connectivity index (χ1v) is 12.2. The molecule has 5 heterocycles. The van der Waals surface area contributed by atoms with Gasteiger partial charge in [0.05, 0.1) is 17.0 Å². The molecular formula is C27H21N7S. The van der Waals surface area contributed by atoms with Crippen molar-refractivity contribution in [2.75, 3.05) is 36.0 Å². The molecular weight excluding hydrogens is 454 g/mol. The molecule has 0 spiro atoms. The summed E-state index contributed by atoms with van der Waals surface area (Å²) in [5.41, 5.74) is 2.71. The smallest absolute Gasteiger partial charge is 0.164 e. The second kappa shape index (κ2) is 9.12. The second-order valence-electron chi connectivity index (χ2n) is 8.30. The maximum Gasteiger partial charge on any atom is 0.164 e. The first kappa shape index (κ1) is 21.2. The molecule has 4 aromatic heterocycles. The summed E-state index contributed by atoms with van der Waals surface area (Å²) in [5.74, 6) is 2.48. The third-order valence-corrected chi connectivity index (χ3v) is 7.21. The number of piperazine rings is 1. The maximum atomic E-state index is 9.23. The fraction of sp³-hybridized carbons (Fsp3) is 0.148. The predicted octanol–water partition coefficient (Wildman–Crippen LogP) is 5.01. The molecule has 1 fully saturated rings. The van der Waals surface area contributed by atoms with Crippen molar-refractivity contribution in [3.8, 4) is 27.9 Å². The molecule has 1 aromatic carbocycles. The Hall–Kier alpha value is -4.35. The molecule has 6 rings (SSSR count). The van der Waals surface area contributed by atoms with Crippen LogP contribution in [0.3, 0.4) is 0 Å². The molecule has 7 nitrogen and oxygen atoms in total. The van der Waals surface area contributed by atoms with Crippen LogP contribution in [0.4, 0.5) is 11.6 Å². The van der Waals surface area contributed by atoms with Gasteiger partial charge in [-0.15, -0.1) is 11.3 Å². The number of nitrogens with zero attached hydrogens (tertiary/aromatic N) is 7. The van der Waals surface area contributed by atoms with Crippen molar-refractivity contribution in [3.63, 3.8) is 0 Å². The lowest BCUT2D eigenvalue weighted by molar-refractivity contribution is 0.643. The van der Waals surface area contributed by atoms with Crippen molar-refractivity contribution in [2.45, 2.75) is 0 Å². The van der Waals surface area contributed by atoms with Gasteiger partial charge in [0.25, 0.3) is 0 Å². The Kier molecular flexibility index (Phi) is 5.53. The van der Waals surface area contributed by atoms with E-state index in [0.29, 0.717) is 11.4 Å². The van der Waals surface area contributed by atoms with Gasteiger partial charge in [0.2, 0.25) is 0 Å². The number of hydrogen-bond donors (Lipinski definition) is 0. The average Bonchev–Trinajstić information content (AvgIpc) is 3.38. The SMILES string of the molecule is N#Cc1ccnc(N2CCN(c3nc(-c4cccnc4)nc4sc(-c5ccccc5)cc34)CC2)c1. The lowest BCUT2D eigenvalue weighted by Gasteiger charge is -2.36. The van der Waals surface area contributed by atoms with E-state index in [-0.39, 0.29) is 0 Å². The van der Waals surface area contributed by atoms with Gasteiger partial charge in [0.15, 0.2) is 5.82 Å². The molecule has 8 heteroatoms. The van der Waals surface area contributed by atoms with Gasteiger partial charge in [-0.1, -0.05) is 30.3 Å². The Bertz CT molecular complexity index is 1520. The van der Waals surface area contributed by atoms with Crippen LogP contribution in [0.25, 0.3) is 32.0 Å². The van der Waals surface area contributed by atoms with Crippen molar-refractivity contribution in [3.05, 3.63) is 84.8 Å². The minimum atomic E-state index is 0.628. The highest BCUT2D eigenvalue weighted by Crippen LogP contribution is 2.38. The first-order chi connectivity index (χ1) is 17.3. The number of benzene rings is 1. The highest BCUT2D eigenvalue weighted by molar-refractivity contribution is 7.22. The summed E-state index contributed by atoms with van der Waals surface area (Å²) in [7, 11) is 0. The molecule has 1 saturated heterocycles. The predicted molar refractivity (Wildman–Crippen MR) is 139 cm³/mol. The van der Waals surface area contributed by atoms with Gasteiger partial charge in [-0.3, -0.25) is 4.98 Å². The van der Waals surface area contributed by atoms with Crippen LogP contribution in [0.2, 0.25) is 0 Å². The van der Waals surface area contributed by atoms with E-state index in [1.807, 2.05) is 30.5 Å². The molecule has 0 unspecified atom stereocenters. The van der Waals surface area contributed by atoms with Crippen molar-refractivity contribution < 1.29 is 0 Å². The fourth-order valence-electron chi connectivity index (χ4n) is 4.32. The quantitative estimate of drug-likeness (QED) is 0.361. The van der Waals surface area contributed by atoms with Crippen molar-refractivity contribution in [1.29, 1.82) is 5.26 Å². The summed E-state index contributed by atoms with van der Waals surface area (Å²) < 4.78 is 0. The summed E-state index contributed by atoms with van der Waals surface area (Å²) in [4.78, 5) is 25.4. The van der Waals surface area contributed by atoms with E-state index in [2.05, 4.69) is 56.2 Å². The number of hydrogen-bond acceptors (Lipinski definition) is 8. The Morgan fingerprint density at radius 2 is 1.63 bits per heavy atom. The standard InChI is InChI=1S/C27H21N7S/c28-17-19-8-10-30-24(15-19)33-11-13-34(14-12-33)26-22-16-23(20-5-2-1-3-6-20)35-27(22)32-25(31-26)21-7-4-9-29-18-21/h1-10,15-16,18H,11-14H2. The molecule has 1 aliphatic heterocycles.